The van der Waals surface area contributed by atoms with E-state index < -0.39 is 11.9 Å². The number of para-hydroxylation sites is 1. The van der Waals surface area contributed by atoms with Gasteiger partial charge >= 0.3 is 5.97 Å². The Kier molecular flexibility index (Phi) is 9.35. The number of thioether (sulfide) groups is 1. The van der Waals surface area contributed by atoms with Gasteiger partial charge in [0.2, 0.25) is 0 Å². The molecular formula is C21H21ClN2O4S. The lowest BCUT2D eigenvalue weighted by Gasteiger charge is -2.10. The van der Waals surface area contributed by atoms with Gasteiger partial charge in [-0.15, -0.1) is 11.8 Å². The quantitative estimate of drug-likeness (QED) is 0.335. The summed E-state index contributed by atoms with van der Waals surface area (Å²) in [4.78, 5) is 24.6. The van der Waals surface area contributed by atoms with Crippen LogP contribution in [0.3, 0.4) is 0 Å². The van der Waals surface area contributed by atoms with E-state index in [-0.39, 0.29) is 18.8 Å². The van der Waals surface area contributed by atoms with Gasteiger partial charge in [0.05, 0.1) is 24.1 Å². The number of aryl methyl sites for hydroxylation is 1. The van der Waals surface area contributed by atoms with Crippen LogP contribution in [0.2, 0.25) is 5.02 Å². The molecule has 1 amide bonds. The lowest BCUT2D eigenvalue weighted by atomic mass is 10.2. The number of anilines is 1. The van der Waals surface area contributed by atoms with Crippen molar-refractivity contribution in [2.24, 2.45) is 0 Å². The molecule has 2 rings (SSSR count). The molecule has 0 aliphatic rings. The first kappa shape index (κ1) is 22.6. The zero-order chi connectivity index (χ0) is 21.1. The standard InChI is InChI=1S/C21H21ClN2O4S/c1-15-13-16(8-9-17(15)22)27-11-4-7-21(26)28-14-20(25)24-18-5-2-3-6-19(18)29-12-10-23/h2-3,5-6,8-9,13H,4,7,11-12,14H2,1H3,(H,24,25). The maximum Gasteiger partial charge on any atom is 0.306 e. The van der Waals surface area contributed by atoms with Crippen molar-refractivity contribution in [1.82, 2.24) is 0 Å². The van der Waals surface area contributed by atoms with E-state index in [0.717, 1.165) is 10.5 Å². The molecule has 0 aromatic heterocycles. The molecule has 152 valence electrons. The van der Waals surface area contributed by atoms with E-state index in [1.807, 2.05) is 31.2 Å². The van der Waals surface area contributed by atoms with Crippen molar-refractivity contribution in [3.63, 3.8) is 0 Å². The number of nitriles is 1. The third kappa shape index (κ3) is 8.06. The molecule has 0 saturated carbocycles. The summed E-state index contributed by atoms with van der Waals surface area (Å²) in [6.45, 7) is 1.87. The normalized spacial score (nSPS) is 10.1. The number of nitrogens with one attached hydrogen (secondary N) is 1. The zero-order valence-corrected chi connectivity index (χ0v) is 17.5. The zero-order valence-electron chi connectivity index (χ0n) is 15.9. The summed E-state index contributed by atoms with van der Waals surface area (Å²) in [6.07, 6.45) is 0.615. The van der Waals surface area contributed by atoms with E-state index in [4.69, 9.17) is 26.3 Å². The van der Waals surface area contributed by atoms with Gasteiger partial charge in [-0.2, -0.15) is 5.26 Å². The Balaban J connectivity index is 1.68. The average Bonchev–Trinajstić information content (AvgIpc) is 2.71. The minimum Gasteiger partial charge on any atom is -0.494 e. The monoisotopic (exact) mass is 432 g/mol. The van der Waals surface area contributed by atoms with Gasteiger partial charge in [0, 0.05) is 16.3 Å². The number of hydrogen-bond acceptors (Lipinski definition) is 6. The molecule has 6 nitrogen and oxygen atoms in total. The van der Waals surface area contributed by atoms with Crippen LogP contribution in [0.4, 0.5) is 5.69 Å². The smallest absolute Gasteiger partial charge is 0.306 e. The van der Waals surface area contributed by atoms with Crippen LogP contribution in [0.5, 0.6) is 5.75 Å². The molecule has 0 heterocycles. The van der Waals surface area contributed by atoms with Crippen molar-refractivity contribution in [2.75, 3.05) is 24.3 Å². The number of halogens is 1. The Morgan fingerprint density at radius 1 is 1.24 bits per heavy atom. The summed E-state index contributed by atoms with van der Waals surface area (Å²) >= 11 is 7.28. The highest BCUT2D eigenvalue weighted by molar-refractivity contribution is 7.99. The molecule has 0 saturated heterocycles. The number of carbonyl (C=O) groups is 2. The molecule has 0 fully saturated rings. The molecule has 0 unspecified atom stereocenters. The molecule has 8 heteroatoms. The lowest BCUT2D eigenvalue weighted by Crippen LogP contribution is -2.21. The molecule has 0 bridgehead atoms. The maximum absolute atomic E-state index is 12.0. The van der Waals surface area contributed by atoms with Crippen LogP contribution >= 0.6 is 23.4 Å². The largest absolute Gasteiger partial charge is 0.494 e. The lowest BCUT2D eigenvalue weighted by molar-refractivity contribution is -0.147. The van der Waals surface area contributed by atoms with Crippen molar-refractivity contribution >= 4 is 40.9 Å². The van der Waals surface area contributed by atoms with Gasteiger partial charge in [0.25, 0.3) is 5.91 Å². The Morgan fingerprint density at radius 2 is 2.03 bits per heavy atom. The van der Waals surface area contributed by atoms with E-state index in [9.17, 15) is 9.59 Å². The fraction of sp³-hybridized carbons (Fsp3) is 0.286. The van der Waals surface area contributed by atoms with Crippen LogP contribution in [-0.4, -0.2) is 30.8 Å². The first-order valence-electron chi connectivity index (χ1n) is 8.93. The molecule has 1 N–H and O–H groups in total. The third-order valence-corrected chi connectivity index (χ3v) is 5.11. The van der Waals surface area contributed by atoms with Crippen LogP contribution in [0.25, 0.3) is 0 Å². The fourth-order valence-corrected chi connectivity index (χ4v) is 3.11. The van der Waals surface area contributed by atoms with Crippen molar-refractivity contribution in [3.8, 4) is 11.8 Å². The van der Waals surface area contributed by atoms with Crippen molar-refractivity contribution in [2.45, 2.75) is 24.7 Å². The Hall–Kier alpha value is -2.69. The highest BCUT2D eigenvalue weighted by Gasteiger charge is 2.10. The molecule has 2 aromatic rings. The molecule has 0 atom stereocenters. The molecule has 0 aliphatic carbocycles. The highest BCUT2D eigenvalue weighted by Crippen LogP contribution is 2.26. The van der Waals surface area contributed by atoms with Gasteiger partial charge in [-0.25, -0.2) is 0 Å². The van der Waals surface area contributed by atoms with E-state index in [1.54, 1.807) is 24.3 Å². The van der Waals surface area contributed by atoms with Crippen LogP contribution in [0.15, 0.2) is 47.4 Å². The number of ether oxygens (including phenoxy) is 2. The molecule has 0 aliphatic heterocycles. The third-order valence-electron chi connectivity index (χ3n) is 3.74. The van der Waals surface area contributed by atoms with Gasteiger partial charge in [-0.3, -0.25) is 9.59 Å². The summed E-state index contributed by atoms with van der Waals surface area (Å²) in [5.41, 5.74) is 1.50. The minimum absolute atomic E-state index is 0.147. The second-order valence-electron chi connectivity index (χ2n) is 6.01. The summed E-state index contributed by atoms with van der Waals surface area (Å²) in [5, 5.41) is 12.1. The first-order valence-corrected chi connectivity index (χ1v) is 10.3. The van der Waals surface area contributed by atoms with E-state index in [2.05, 4.69) is 5.32 Å². The SMILES string of the molecule is Cc1cc(OCCCC(=O)OCC(=O)Nc2ccccc2SCC#N)ccc1Cl. The van der Waals surface area contributed by atoms with Crippen molar-refractivity contribution in [3.05, 3.63) is 53.1 Å². The van der Waals surface area contributed by atoms with E-state index in [1.165, 1.54) is 11.8 Å². The number of benzene rings is 2. The predicted octanol–water partition coefficient (Wildman–Crippen LogP) is 4.61. The molecule has 2 aromatic carbocycles. The van der Waals surface area contributed by atoms with Gasteiger partial charge in [0.15, 0.2) is 6.61 Å². The van der Waals surface area contributed by atoms with Crippen LogP contribution < -0.4 is 10.1 Å². The number of carbonyl (C=O) groups excluding carboxylic acids is 2. The van der Waals surface area contributed by atoms with Gasteiger partial charge in [0.1, 0.15) is 5.75 Å². The van der Waals surface area contributed by atoms with Crippen molar-refractivity contribution in [1.29, 1.82) is 5.26 Å². The molecule has 29 heavy (non-hydrogen) atoms. The second kappa shape index (κ2) is 12.0. The van der Waals surface area contributed by atoms with Gasteiger partial charge < -0.3 is 14.8 Å². The number of nitrogens with zero attached hydrogens (tertiary/aromatic N) is 1. The second-order valence-corrected chi connectivity index (χ2v) is 7.44. The Labute approximate surface area is 179 Å². The number of hydrogen-bond donors (Lipinski definition) is 1. The number of rotatable bonds is 10. The van der Waals surface area contributed by atoms with E-state index in [0.29, 0.717) is 29.5 Å². The van der Waals surface area contributed by atoms with Crippen molar-refractivity contribution < 1.29 is 19.1 Å². The Bertz CT molecular complexity index is 898. The maximum atomic E-state index is 12.0. The number of amides is 1. The summed E-state index contributed by atoms with van der Waals surface area (Å²) in [5.74, 6) is 0.0616. The minimum atomic E-state index is -0.469. The predicted molar refractivity (Wildman–Crippen MR) is 113 cm³/mol. The van der Waals surface area contributed by atoms with Gasteiger partial charge in [-0.1, -0.05) is 23.7 Å². The van der Waals surface area contributed by atoms with Crippen LogP contribution in [0, 0.1) is 18.3 Å². The van der Waals surface area contributed by atoms with Gasteiger partial charge in [-0.05, 0) is 49.2 Å². The average molecular weight is 433 g/mol. The van der Waals surface area contributed by atoms with Crippen LogP contribution in [-0.2, 0) is 14.3 Å². The summed E-state index contributed by atoms with van der Waals surface area (Å²) in [7, 11) is 0. The highest BCUT2D eigenvalue weighted by atomic mass is 35.5. The van der Waals surface area contributed by atoms with Crippen LogP contribution in [0.1, 0.15) is 18.4 Å². The number of esters is 1. The Morgan fingerprint density at radius 3 is 2.79 bits per heavy atom. The topological polar surface area (TPSA) is 88.4 Å². The molecular weight excluding hydrogens is 412 g/mol. The summed E-state index contributed by atoms with van der Waals surface area (Å²) < 4.78 is 10.6. The van der Waals surface area contributed by atoms with E-state index >= 15 is 0 Å². The summed E-state index contributed by atoms with van der Waals surface area (Å²) in [6, 6.07) is 14.5. The molecule has 0 radical (unpaired) electrons. The fourth-order valence-electron chi connectivity index (χ4n) is 2.32. The first-order chi connectivity index (χ1) is 14.0. The molecule has 0 spiro atoms.